The Labute approximate surface area is 106 Å². The zero-order valence-electron chi connectivity index (χ0n) is 8.97. The lowest BCUT2D eigenvalue weighted by atomic mass is 10.0. The molecule has 1 N–H and O–H groups in total. The Morgan fingerprint density at radius 2 is 1.82 bits per heavy atom. The van der Waals surface area contributed by atoms with E-state index in [9.17, 15) is 13.9 Å². The summed E-state index contributed by atoms with van der Waals surface area (Å²) in [6.07, 6.45) is 0. The van der Waals surface area contributed by atoms with Crippen LogP contribution in [-0.4, -0.2) is 5.11 Å². The van der Waals surface area contributed by atoms with Crippen LogP contribution in [0.15, 0.2) is 34.8 Å². The number of phenolic OH excluding ortho intramolecular Hbond substituents is 1. The van der Waals surface area contributed by atoms with Gasteiger partial charge >= 0.3 is 0 Å². The fraction of sp³-hybridized carbons (Fsp3) is 0.0769. The molecule has 0 heterocycles. The van der Waals surface area contributed by atoms with Crippen molar-refractivity contribution >= 4 is 15.9 Å². The zero-order valence-corrected chi connectivity index (χ0v) is 10.6. The van der Waals surface area contributed by atoms with Crippen LogP contribution in [0.4, 0.5) is 8.78 Å². The lowest BCUT2D eigenvalue weighted by Gasteiger charge is -2.08. The molecule has 88 valence electrons. The molecule has 1 nitrogen and oxygen atoms in total. The van der Waals surface area contributed by atoms with Crippen molar-refractivity contribution in [3.05, 3.63) is 52.0 Å². The van der Waals surface area contributed by atoms with E-state index in [4.69, 9.17) is 0 Å². The molecule has 0 bridgehead atoms. The summed E-state index contributed by atoms with van der Waals surface area (Å²) in [5.41, 5.74) is 0.875. The summed E-state index contributed by atoms with van der Waals surface area (Å²) in [6.45, 7) is 1.67. The van der Waals surface area contributed by atoms with Crippen molar-refractivity contribution in [2.75, 3.05) is 0 Å². The highest BCUT2D eigenvalue weighted by atomic mass is 79.9. The molecule has 2 aromatic carbocycles. The Morgan fingerprint density at radius 3 is 2.47 bits per heavy atom. The molecule has 17 heavy (non-hydrogen) atoms. The van der Waals surface area contributed by atoms with Gasteiger partial charge in [0, 0.05) is 0 Å². The van der Waals surface area contributed by atoms with Gasteiger partial charge in [-0.1, -0.05) is 6.07 Å². The van der Waals surface area contributed by atoms with Crippen molar-refractivity contribution in [2.45, 2.75) is 6.92 Å². The molecule has 4 heteroatoms. The van der Waals surface area contributed by atoms with Crippen molar-refractivity contribution in [1.29, 1.82) is 0 Å². The Bertz CT molecular complexity index is 582. The highest BCUT2D eigenvalue weighted by Gasteiger charge is 2.14. The van der Waals surface area contributed by atoms with Crippen LogP contribution in [0.2, 0.25) is 0 Å². The first-order valence-electron chi connectivity index (χ1n) is 4.94. The number of phenols is 1. The Kier molecular flexibility index (Phi) is 3.15. The standard InChI is InChI=1S/C13H9BrF2O/c1-7-6-8(2-5-11(7)17)12-10(15)4-3-9(14)13(12)16/h2-6,17H,1H3. The lowest BCUT2D eigenvalue weighted by molar-refractivity contribution is 0.471. The minimum Gasteiger partial charge on any atom is -0.508 e. The highest BCUT2D eigenvalue weighted by Crippen LogP contribution is 2.32. The maximum atomic E-state index is 13.8. The van der Waals surface area contributed by atoms with Gasteiger partial charge in [0.25, 0.3) is 0 Å². The predicted octanol–water partition coefficient (Wildman–Crippen LogP) is 4.41. The van der Waals surface area contributed by atoms with E-state index in [0.29, 0.717) is 11.1 Å². The molecule has 0 saturated heterocycles. The molecule has 0 unspecified atom stereocenters. The van der Waals surface area contributed by atoms with Crippen molar-refractivity contribution < 1.29 is 13.9 Å². The molecule has 0 aliphatic carbocycles. The molecule has 0 atom stereocenters. The van der Waals surface area contributed by atoms with Crippen LogP contribution >= 0.6 is 15.9 Å². The third-order valence-electron chi connectivity index (χ3n) is 2.53. The van der Waals surface area contributed by atoms with Crippen LogP contribution in [0.5, 0.6) is 5.75 Å². The van der Waals surface area contributed by atoms with E-state index in [1.807, 2.05) is 0 Å². The van der Waals surface area contributed by atoms with Crippen LogP contribution in [-0.2, 0) is 0 Å². The Balaban J connectivity index is 2.68. The molecule has 0 amide bonds. The van der Waals surface area contributed by atoms with E-state index in [2.05, 4.69) is 15.9 Å². The van der Waals surface area contributed by atoms with Gasteiger partial charge in [-0.15, -0.1) is 0 Å². The van der Waals surface area contributed by atoms with Gasteiger partial charge < -0.3 is 5.11 Å². The fourth-order valence-electron chi connectivity index (χ4n) is 1.60. The first kappa shape index (κ1) is 12.0. The Morgan fingerprint density at radius 1 is 1.12 bits per heavy atom. The number of aromatic hydroxyl groups is 1. The SMILES string of the molecule is Cc1cc(-c2c(F)ccc(Br)c2F)ccc1O. The molecule has 2 rings (SSSR count). The van der Waals surface area contributed by atoms with Gasteiger partial charge in [0.05, 0.1) is 10.0 Å². The third-order valence-corrected chi connectivity index (χ3v) is 3.14. The summed E-state index contributed by atoms with van der Waals surface area (Å²) in [6, 6.07) is 6.97. The summed E-state index contributed by atoms with van der Waals surface area (Å²) in [5.74, 6) is -1.17. The molecular formula is C13H9BrF2O. The molecule has 0 radical (unpaired) electrons. The van der Waals surface area contributed by atoms with E-state index in [1.54, 1.807) is 13.0 Å². The lowest BCUT2D eigenvalue weighted by Crippen LogP contribution is -1.92. The molecule has 0 aliphatic heterocycles. The number of hydrogen-bond acceptors (Lipinski definition) is 1. The first-order valence-corrected chi connectivity index (χ1v) is 5.73. The zero-order chi connectivity index (χ0) is 12.6. The number of halogens is 3. The van der Waals surface area contributed by atoms with Gasteiger partial charge in [-0.25, -0.2) is 8.78 Å². The van der Waals surface area contributed by atoms with E-state index < -0.39 is 11.6 Å². The number of hydrogen-bond donors (Lipinski definition) is 1. The van der Waals surface area contributed by atoms with Gasteiger partial charge in [0.2, 0.25) is 0 Å². The van der Waals surface area contributed by atoms with Crippen molar-refractivity contribution in [1.82, 2.24) is 0 Å². The minimum atomic E-state index is -0.643. The van der Waals surface area contributed by atoms with Crippen molar-refractivity contribution in [3.8, 4) is 16.9 Å². The molecular weight excluding hydrogens is 290 g/mol. The molecule has 0 spiro atoms. The topological polar surface area (TPSA) is 20.2 Å². The largest absolute Gasteiger partial charge is 0.508 e. The summed E-state index contributed by atoms with van der Waals surface area (Å²) < 4.78 is 27.7. The summed E-state index contributed by atoms with van der Waals surface area (Å²) >= 11 is 3.02. The van der Waals surface area contributed by atoms with Crippen LogP contribution in [0.3, 0.4) is 0 Å². The summed E-state index contributed by atoms with van der Waals surface area (Å²) in [7, 11) is 0. The van der Waals surface area contributed by atoms with E-state index in [1.165, 1.54) is 24.3 Å². The minimum absolute atomic E-state index is 0.0949. The second-order valence-corrected chi connectivity index (χ2v) is 4.57. The normalized spacial score (nSPS) is 10.6. The average Bonchev–Trinajstić information content (AvgIpc) is 2.29. The quantitative estimate of drug-likeness (QED) is 0.773. The van der Waals surface area contributed by atoms with Gasteiger partial charge in [0.1, 0.15) is 17.4 Å². The summed E-state index contributed by atoms with van der Waals surface area (Å²) in [5, 5.41) is 9.39. The first-order chi connectivity index (χ1) is 8.00. The maximum Gasteiger partial charge on any atom is 0.148 e. The second-order valence-electron chi connectivity index (χ2n) is 3.72. The van der Waals surface area contributed by atoms with Crippen molar-refractivity contribution in [3.63, 3.8) is 0 Å². The van der Waals surface area contributed by atoms with Gasteiger partial charge in [0.15, 0.2) is 0 Å². The highest BCUT2D eigenvalue weighted by molar-refractivity contribution is 9.10. The maximum absolute atomic E-state index is 13.8. The van der Waals surface area contributed by atoms with E-state index in [-0.39, 0.29) is 15.8 Å². The molecule has 0 aliphatic rings. The van der Waals surface area contributed by atoms with Crippen LogP contribution in [0.25, 0.3) is 11.1 Å². The molecule has 0 saturated carbocycles. The van der Waals surface area contributed by atoms with Crippen LogP contribution < -0.4 is 0 Å². The van der Waals surface area contributed by atoms with E-state index >= 15 is 0 Å². The number of rotatable bonds is 1. The van der Waals surface area contributed by atoms with Gasteiger partial charge in [-0.2, -0.15) is 0 Å². The molecule has 2 aromatic rings. The number of benzene rings is 2. The van der Waals surface area contributed by atoms with Crippen LogP contribution in [0.1, 0.15) is 5.56 Å². The molecule has 0 aromatic heterocycles. The average molecular weight is 299 g/mol. The second kappa shape index (κ2) is 4.45. The van der Waals surface area contributed by atoms with Crippen LogP contribution in [0, 0.1) is 18.6 Å². The van der Waals surface area contributed by atoms with E-state index in [0.717, 1.165) is 0 Å². The molecule has 0 fully saturated rings. The predicted molar refractivity (Wildman–Crippen MR) is 65.9 cm³/mol. The Hall–Kier alpha value is -1.42. The smallest absolute Gasteiger partial charge is 0.148 e. The van der Waals surface area contributed by atoms with Gasteiger partial charge in [-0.3, -0.25) is 0 Å². The fourth-order valence-corrected chi connectivity index (χ4v) is 1.93. The monoisotopic (exact) mass is 298 g/mol. The van der Waals surface area contributed by atoms with Crippen molar-refractivity contribution in [2.24, 2.45) is 0 Å². The summed E-state index contributed by atoms with van der Waals surface area (Å²) in [4.78, 5) is 0. The third kappa shape index (κ3) is 2.17. The number of aryl methyl sites for hydroxylation is 1. The van der Waals surface area contributed by atoms with Gasteiger partial charge in [-0.05, 0) is 58.2 Å².